The molecule has 0 amide bonds. The van der Waals surface area contributed by atoms with Gasteiger partial charge in [0.2, 0.25) is 0 Å². The number of nitrogens with one attached hydrogen (secondary N) is 2. The van der Waals surface area contributed by atoms with Gasteiger partial charge in [0, 0.05) is 18.2 Å². The van der Waals surface area contributed by atoms with E-state index in [1.54, 1.807) is 6.20 Å². The molecule has 2 rings (SSSR count). The number of H-pyrrole nitrogens is 1. The van der Waals surface area contributed by atoms with Gasteiger partial charge in [-0.05, 0) is 37.1 Å². The molecule has 0 bridgehead atoms. The molecular weight excluding hydrogens is 300 g/mol. The zero-order valence-corrected chi connectivity index (χ0v) is 14.9. The van der Waals surface area contributed by atoms with Crippen molar-refractivity contribution in [3.05, 3.63) is 52.2 Å². The van der Waals surface area contributed by atoms with Gasteiger partial charge in [0.05, 0.1) is 5.56 Å². The van der Waals surface area contributed by atoms with E-state index < -0.39 is 0 Å². The lowest BCUT2D eigenvalue weighted by atomic mass is 9.89. The van der Waals surface area contributed by atoms with Gasteiger partial charge in [-0.1, -0.05) is 45.0 Å². The average Bonchev–Trinajstić information content (AvgIpc) is 2.59. The van der Waals surface area contributed by atoms with Gasteiger partial charge in [-0.15, -0.1) is 0 Å². The van der Waals surface area contributed by atoms with Crippen LogP contribution in [0, 0.1) is 0 Å². The van der Waals surface area contributed by atoms with Crippen LogP contribution in [0.2, 0.25) is 0 Å². The fraction of sp³-hybridized carbons (Fsp3) is 0.474. The molecule has 0 unspecified atom stereocenters. The minimum atomic E-state index is -0.181. The summed E-state index contributed by atoms with van der Waals surface area (Å²) in [6.45, 7) is 8.67. The average molecular weight is 328 g/mol. The maximum absolute atomic E-state index is 12.4. The SMILES string of the molecule is CCC(C)(C)c1nc(=O)c(-c2ccc(CNCCCN)cc2)c[nH]1. The van der Waals surface area contributed by atoms with Crippen LogP contribution in [-0.4, -0.2) is 23.1 Å². The summed E-state index contributed by atoms with van der Waals surface area (Å²) < 4.78 is 0. The summed E-state index contributed by atoms with van der Waals surface area (Å²) >= 11 is 0. The zero-order valence-electron chi connectivity index (χ0n) is 14.9. The molecule has 130 valence electrons. The van der Waals surface area contributed by atoms with E-state index in [0.717, 1.165) is 37.3 Å². The number of aromatic nitrogens is 2. The summed E-state index contributed by atoms with van der Waals surface area (Å²) in [5, 5.41) is 3.34. The smallest absolute Gasteiger partial charge is 0.280 e. The Bertz CT molecular complexity index is 704. The molecule has 1 aromatic carbocycles. The first-order chi connectivity index (χ1) is 11.5. The van der Waals surface area contributed by atoms with Crippen molar-refractivity contribution in [3.8, 4) is 11.1 Å². The number of hydrogen-bond acceptors (Lipinski definition) is 4. The van der Waals surface area contributed by atoms with Gasteiger partial charge < -0.3 is 16.0 Å². The molecule has 5 nitrogen and oxygen atoms in total. The van der Waals surface area contributed by atoms with Crippen LogP contribution in [0.3, 0.4) is 0 Å². The highest BCUT2D eigenvalue weighted by Crippen LogP contribution is 2.23. The standard InChI is InChI=1S/C19H28N4O/c1-4-19(2,3)18-22-13-16(17(24)23-18)15-8-6-14(7-9-15)12-21-11-5-10-20/h6-9,13,21H,4-5,10-12,20H2,1-3H3,(H,22,23,24). The Balaban J connectivity index is 2.13. The topological polar surface area (TPSA) is 83.8 Å². The monoisotopic (exact) mass is 328 g/mol. The zero-order chi connectivity index (χ0) is 17.6. The third kappa shape index (κ3) is 4.52. The second-order valence-electron chi connectivity index (χ2n) is 6.72. The summed E-state index contributed by atoms with van der Waals surface area (Å²) in [5.41, 5.74) is 7.84. The van der Waals surface area contributed by atoms with Crippen molar-refractivity contribution in [2.75, 3.05) is 13.1 Å². The first kappa shape index (κ1) is 18.4. The Morgan fingerprint density at radius 1 is 1.25 bits per heavy atom. The van der Waals surface area contributed by atoms with Crippen molar-refractivity contribution < 1.29 is 0 Å². The molecule has 0 saturated carbocycles. The molecule has 0 aliphatic carbocycles. The predicted molar refractivity (Wildman–Crippen MR) is 99.0 cm³/mol. The molecule has 0 aliphatic heterocycles. The third-order valence-corrected chi connectivity index (χ3v) is 4.47. The predicted octanol–water partition coefficient (Wildman–Crippen LogP) is 2.56. The second kappa shape index (κ2) is 8.22. The Kier molecular flexibility index (Phi) is 6.29. The van der Waals surface area contributed by atoms with Gasteiger partial charge in [-0.2, -0.15) is 4.98 Å². The van der Waals surface area contributed by atoms with Crippen molar-refractivity contribution >= 4 is 0 Å². The third-order valence-electron chi connectivity index (χ3n) is 4.47. The molecule has 4 N–H and O–H groups in total. The fourth-order valence-electron chi connectivity index (χ4n) is 2.38. The Morgan fingerprint density at radius 3 is 2.54 bits per heavy atom. The molecule has 0 spiro atoms. The summed E-state index contributed by atoms with van der Waals surface area (Å²) in [4.78, 5) is 19.8. The Hall–Kier alpha value is -1.98. The number of nitrogens with zero attached hydrogens (tertiary/aromatic N) is 1. The Labute approximate surface area is 143 Å². The van der Waals surface area contributed by atoms with Crippen molar-refractivity contribution in [2.24, 2.45) is 5.73 Å². The maximum Gasteiger partial charge on any atom is 0.280 e. The van der Waals surface area contributed by atoms with Gasteiger partial charge in [0.25, 0.3) is 5.56 Å². The van der Waals surface area contributed by atoms with Gasteiger partial charge in [0.15, 0.2) is 0 Å². The lowest BCUT2D eigenvalue weighted by Crippen LogP contribution is -2.24. The van der Waals surface area contributed by atoms with Crippen LogP contribution in [0.4, 0.5) is 0 Å². The quantitative estimate of drug-likeness (QED) is 0.650. The van der Waals surface area contributed by atoms with Crippen LogP contribution >= 0.6 is 0 Å². The molecule has 0 aliphatic rings. The van der Waals surface area contributed by atoms with E-state index in [-0.39, 0.29) is 11.0 Å². The normalized spacial score (nSPS) is 11.7. The van der Waals surface area contributed by atoms with Gasteiger partial charge in [-0.25, -0.2) is 0 Å². The van der Waals surface area contributed by atoms with Crippen LogP contribution < -0.4 is 16.6 Å². The van der Waals surface area contributed by atoms with Crippen LogP contribution in [0.5, 0.6) is 0 Å². The molecule has 0 fully saturated rings. The van der Waals surface area contributed by atoms with Crippen molar-refractivity contribution in [1.82, 2.24) is 15.3 Å². The number of hydrogen-bond donors (Lipinski definition) is 3. The number of nitrogens with two attached hydrogens (primary N) is 1. The highest BCUT2D eigenvalue weighted by atomic mass is 16.1. The van der Waals surface area contributed by atoms with Crippen molar-refractivity contribution in [1.29, 1.82) is 0 Å². The molecule has 0 atom stereocenters. The maximum atomic E-state index is 12.4. The molecule has 0 saturated heterocycles. The fourth-order valence-corrected chi connectivity index (χ4v) is 2.38. The molecule has 5 heteroatoms. The van der Waals surface area contributed by atoms with E-state index in [1.807, 2.05) is 24.3 Å². The van der Waals surface area contributed by atoms with Crippen molar-refractivity contribution in [3.63, 3.8) is 0 Å². The van der Waals surface area contributed by atoms with Crippen LogP contribution in [-0.2, 0) is 12.0 Å². The van der Waals surface area contributed by atoms with E-state index in [2.05, 4.69) is 36.1 Å². The number of rotatable bonds is 8. The second-order valence-corrected chi connectivity index (χ2v) is 6.72. The summed E-state index contributed by atoms with van der Waals surface area (Å²) in [6.07, 6.45) is 3.66. The van der Waals surface area contributed by atoms with E-state index in [9.17, 15) is 4.79 Å². The Morgan fingerprint density at radius 2 is 1.96 bits per heavy atom. The van der Waals surface area contributed by atoms with E-state index in [1.165, 1.54) is 5.56 Å². The number of aromatic amines is 1. The minimum absolute atomic E-state index is 0.128. The first-order valence-corrected chi connectivity index (χ1v) is 8.58. The molecule has 1 heterocycles. The van der Waals surface area contributed by atoms with E-state index >= 15 is 0 Å². The summed E-state index contributed by atoms with van der Waals surface area (Å²) in [6, 6.07) is 8.01. The molecule has 24 heavy (non-hydrogen) atoms. The number of benzene rings is 1. The van der Waals surface area contributed by atoms with E-state index in [0.29, 0.717) is 12.1 Å². The molecule has 2 aromatic rings. The molecule has 1 aromatic heterocycles. The first-order valence-electron chi connectivity index (χ1n) is 8.58. The lowest BCUT2D eigenvalue weighted by molar-refractivity contribution is 0.471. The van der Waals surface area contributed by atoms with Crippen LogP contribution in [0.15, 0.2) is 35.3 Å². The largest absolute Gasteiger partial charge is 0.349 e. The van der Waals surface area contributed by atoms with Gasteiger partial charge >= 0.3 is 0 Å². The van der Waals surface area contributed by atoms with Gasteiger partial charge in [0.1, 0.15) is 5.82 Å². The van der Waals surface area contributed by atoms with Gasteiger partial charge in [-0.3, -0.25) is 4.79 Å². The summed E-state index contributed by atoms with van der Waals surface area (Å²) in [5.74, 6) is 0.736. The minimum Gasteiger partial charge on any atom is -0.349 e. The highest BCUT2D eigenvalue weighted by Gasteiger charge is 2.21. The highest BCUT2D eigenvalue weighted by molar-refractivity contribution is 5.61. The molecular formula is C19H28N4O. The van der Waals surface area contributed by atoms with Crippen molar-refractivity contribution in [2.45, 2.75) is 45.6 Å². The molecule has 0 radical (unpaired) electrons. The van der Waals surface area contributed by atoms with Crippen LogP contribution in [0.25, 0.3) is 11.1 Å². The van der Waals surface area contributed by atoms with E-state index in [4.69, 9.17) is 5.73 Å². The van der Waals surface area contributed by atoms with Crippen LogP contribution in [0.1, 0.15) is 45.0 Å². The lowest BCUT2D eigenvalue weighted by Gasteiger charge is -2.21. The summed E-state index contributed by atoms with van der Waals surface area (Å²) in [7, 11) is 0.